The number of benzene rings is 3. The number of aromatic hydroxyl groups is 1. The number of Topliss-reactive ketones (excluding diaryl/α,β-unsaturated/α-hetero) is 1. The quantitative estimate of drug-likeness (QED) is 0.250. The molecule has 1 amide bonds. The van der Waals surface area contributed by atoms with Crippen LogP contribution in [-0.2, 0) is 9.59 Å². The minimum absolute atomic E-state index is 0.00540. The van der Waals surface area contributed by atoms with Crippen LogP contribution < -0.4 is 9.80 Å². The van der Waals surface area contributed by atoms with E-state index >= 15 is 0 Å². The molecule has 1 aliphatic rings. The Morgan fingerprint density at radius 2 is 1.50 bits per heavy atom. The average molecular weight is 521 g/mol. The molecule has 0 aromatic heterocycles. The van der Waals surface area contributed by atoms with E-state index in [1.54, 1.807) is 36.4 Å². The molecule has 3 aromatic rings. The molecule has 1 aliphatic heterocycles. The van der Waals surface area contributed by atoms with Gasteiger partial charge in [0.2, 0.25) is 0 Å². The minimum atomic E-state index is -0.844. The number of aliphatic hydroxyl groups excluding tert-OH is 1. The molecule has 174 valence electrons. The van der Waals surface area contributed by atoms with Crippen LogP contribution in [-0.4, -0.2) is 35.0 Å². The fourth-order valence-electron chi connectivity index (χ4n) is 4.25. The normalized spacial score (nSPS) is 17.3. The molecule has 2 N–H and O–H groups in total. The molecule has 3 aromatic carbocycles. The van der Waals surface area contributed by atoms with Gasteiger partial charge in [0.05, 0.1) is 11.6 Å². The lowest BCUT2D eigenvalue weighted by Crippen LogP contribution is -2.29. The summed E-state index contributed by atoms with van der Waals surface area (Å²) in [6.45, 7) is 5.84. The molecule has 0 spiro atoms. The van der Waals surface area contributed by atoms with Crippen molar-refractivity contribution in [3.8, 4) is 5.75 Å². The van der Waals surface area contributed by atoms with Crippen molar-refractivity contribution in [3.63, 3.8) is 0 Å². The summed E-state index contributed by atoms with van der Waals surface area (Å²) in [5.41, 5.74) is 2.60. The van der Waals surface area contributed by atoms with Crippen molar-refractivity contribution in [2.45, 2.75) is 19.9 Å². The summed E-state index contributed by atoms with van der Waals surface area (Å²) in [5, 5.41) is 20.9. The number of carbonyl (C=O) groups is 2. The van der Waals surface area contributed by atoms with Crippen LogP contribution in [0.2, 0.25) is 0 Å². The van der Waals surface area contributed by atoms with Crippen molar-refractivity contribution >= 4 is 44.8 Å². The molecule has 0 aliphatic carbocycles. The molecular weight excluding hydrogens is 496 g/mol. The van der Waals surface area contributed by atoms with Gasteiger partial charge in [0.1, 0.15) is 11.5 Å². The lowest BCUT2D eigenvalue weighted by atomic mass is 9.95. The zero-order valence-corrected chi connectivity index (χ0v) is 20.5. The van der Waals surface area contributed by atoms with Gasteiger partial charge in [-0.25, -0.2) is 0 Å². The Labute approximate surface area is 206 Å². The maximum atomic E-state index is 13.3. The van der Waals surface area contributed by atoms with Crippen LogP contribution >= 0.6 is 15.9 Å². The molecule has 4 rings (SSSR count). The first-order chi connectivity index (χ1) is 16.3. The second kappa shape index (κ2) is 9.73. The zero-order chi connectivity index (χ0) is 24.4. The van der Waals surface area contributed by atoms with E-state index in [1.807, 2.05) is 24.3 Å². The van der Waals surface area contributed by atoms with Crippen molar-refractivity contribution in [1.82, 2.24) is 0 Å². The second-order valence-electron chi connectivity index (χ2n) is 7.96. The summed E-state index contributed by atoms with van der Waals surface area (Å²) >= 11 is 3.37. The summed E-state index contributed by atoms with van der Waals surface area (Å²) in [7, 11) is 0. The predicted octanol–water partition coefficient (Wildman–Crippen LogP) is 5.63. The Hall–Kier alpha value is -3.58. The molecule has 7 heteroatoms. The highest BCUT2D eigenvalue weighted by atomic mass is 79.9. The standard InChI is InChI=1S/C27H25BrN2O4/c1-3-29(4-2)20-11-13-21(14-12-20)30-24(17-7-15-22(31)16-8-17)23(26(33)27(30)34)25(32)18-5-9-19(28)10-6-18/h5-16,24,31-32H,3-4H2,1-2H3/b25-23+. The summed E-state index contributed by atoms with van der Waals surface area (Å²) in [6.07, 6.45) is 0. The molecule has 1 heterocycles. The second-order valence-corrected chi connectivity index (χ2v) is 8.87. The topological polar surface area (TPSA) is 81.1 Å². The monoisotopic (exact) mass is 520 g/mol. The number of nitrogens with zero attached hydrogens (tertiary/aromatic N) is 2. The molecule has 1 saturated heterocycles. The molecular formula is C27H25BrN2O4. The number of anilines is 2. The first-order valence-electron chi connectivity index (χ1n) is 11.1. The number of amides is 1. The largest absolute Gasteiger partial charge is 0.508 e. The molecule has 1 fully saturated rings. The summed E-state index contributed by atoms with van der Waals surface area (Å²) in [5.74, 6) is -1.65. The molecule has 1 unspecified atom stereocenters. The molecule has 34 heavy (non-hydrogen) atoms. The number of hydrogen-bond donors (Lipinski definition) is 2. The Balaban J connectivity index is 1.86. The molecule has 1 atom stereocenters. The number of phenols is 1. The lowest BCUT2D eigenvalue weighted by Gasteiger charge is -2.27. The number of rotatable bonds is 6. The van der Waals surface area contributed by atoms with Crippen molar-refractivity contribution < 1.29 is 19.8 Å². The van der Waals surface area contributed by atoms with Crippen LogP contribution in [0.4, 0.5) is 11.4 Å². The van der Waals surface area contributed by atoms with Crippen LogP contribution in [0.25, 0.3) is 5.76 Å². The van der Waals surface area contributed by atoms with E-state index in [2.05, 4.69) is 34.7 Å². The highest BCUT2D eigenvalue weighted by Gasteiger charge is 2.47. The number of hydrogen-bond acceptors (Lipinski definition) is 5. The van der Waals surface area contributed by atoms with Gasteiger partial charge in [-0.2, -0.15) is 0 Å². The summed E-state index contributed by atoms with van der Waals surface area (Å²) in [6, 6.07) is 19.8. The Bertz CT molecular complexity index is 1230. The van der Waals surface area contributed by atoms with Gasteiger partial charge < -0.3 is 15.1 Å². The van der Waals surface area contributed by atoms with Gasteiger partial charge in [0.25, 0.3) is 11.7 Å². The van der Waals surface area contributed by atoms with Crippen molar-refractivity contribution in [3.05, 3.63) is 94.0 Å². The first-order valence-corrected chi connectivity index (χ1v) is 11.9. The van der Waals surface area contributed by atoms with Gasteiger partial charge in [-0.1, -0.05) is 40.2 Å². The Morgan fingerprint density at radius 1 is 0.912 bits per heavy atom. The maximum Gasteiger partial charge on any atom is 0.300 e. The van der Waals surface area contributed by atoms with Gasteiger partial charge in [-0.3, -0.25) is 14.5 Å². The van der Waals surface area contributed by atoms with Crippen LogP contribution in [0.3, 0.4) is 0 Å². The van der Waals surface area contributed by atoms with E-state index in [4.69, 9.17) is 0 Å². The third-order valence-electron chi connectivity index (χ3n) is 6.03. The number of ketones is 1. The fraction of sp³-hybridized carbons (Fsp3) is 0.185. The highest BCUT2D eigenvalue weighted by molar-refractivity contribution is 9.10. The van der Waals surface area contributed by atoms with Gasteiger partial charge in [-0.05, 0) is 67.9 Å². The molecule has 0 saturated carbocycles. The van der Waals surface area contributed by atoms with Crippen LogP contribution in [0, 0.1) is 0 Å². The van der Waals surface area contributed by atoms with E-state index in [1.165, 1.54) is 17.0 Å². The predicted molar refractivity (Wildman–Crippen MR) is 137 cm³/mol. The Morgan fingerprint density at radius 3 is 2.06 bits per heavy atom. The number of aliphatic hydroxyl groups is 1. The van der Waals surface area contributed by atoms with Gasteiger partial charge in [0.15, 0.2) is 0 Å². The third kappa shape index (κ3) is 4.31. The zero-order valence-electron chi connectivity index (χ0n) is 18.9. The molecule has 0 radical (unpaired) electrons. The number of carbonyl (C=O) groups excluding carboxylic acids is 2. The first kappa shape index (κ1) is 23.6. The SMILES string of the molecule is CCN(CC)c1ccc(N2C(=O)C(=O)/C(=C(/O)c3ccc(Br)cc3)C2c2ccc(O)cc2)cc1. The van der Waals surface area contributed by atoms with Gasteiger partial charge >= 0.3 is 0 Å². The van der Waals surface area contributed by atoms with Crippen molar-refractivity contribution in [1.29, 1.82) is 0 Å². The molecule has 6 nitrogen and oxygen atoms in total. The number of phenolic OH excluding ortho intramolecular Hbond substituents is 1. The van der Waals surface area contributed by atoms with Crippen LogP contribution in [0.1, 0.15) is 31.0 Å². The lowest BCUT2D eigenvalue weighted by molar-refractivity contribution is -0.132. The van der Waals surface area contributed by atoms with E-state index in [9.17, 15) is 19.8 Å². The van der Waals surface area contributed by atoms with Crippen LogP contribution in [0.5, 0.6) is 5.75 Å². The highest BCUT2D eigenvalue weighted by Crippen LogP contribution is 2.42. The number of halogens is 1. The van der Waals surface area contributed by atoms with E-state index in [-0.39, 0.29) is 17.1 Å². The van der Waals surface area contributed by atoms with E-state index < -0.39 is 17.7 Å². The average Bonchev–Trinajstić information content (AvgIpc) is 3.11. The smallest absolute Gasteiger partial charge is 0.300 e. The van der Waals surface area contributed by atoms with Crippen LogP contribution in [0.15, 0.2) is 82.8 Å². The molecule has 0 bridgehead atoms. The summed E-state index contributed by atoms with van der Waals surface area (Å²) < 4.78 is 0.827. The van der Waals surface area contributed by atoms with E-state index in [0.717, 1.165) is 23.2 Å². The van der Waals surface area contributed by atoms with E-state index in [0.29, 0.717) is 16.8 Å². The maximum absolute atomic E-state index is 13.3. The van der Waals surface area contributed by atoms with Gasteiger partial charge in [-0.15, -0.1) is 0 Å². The summed E-state index contributed by atoms with van der Waals surface area (Å²) in [4.78, 5) is 30.1. The minimum Gasteiger partial charge on any atom is -0.508 e. The van der Waals surface area contributed by atoms with Crippen molar-refractivity contribution in [2.24, 2.45) is 0 Å². The van der Waals surface area contributed by atoms with Gasteiger partial charge in [0, 0.05) is 34.5 Å². The Kier molecular flexibility index (Phi) is 6.75. The third-order valence-corrected chi connectivity index (χ3v) is 6.56. The fourth-order valence-corrected chi connectivity index (χ4v) is 4.51. The van der Waals surface area contributed by atoms with Crippen molar-refractivity contribution in [2.75, 3.05) is 22.9 Å².